The summed E-state index contributed by atoms with van der Waals surface area (Å²) in [6, 6.07) is 8.18. The van der Waals surface area contributed by atoms with Gasteiger partial charge in [0.05, 0.1) is 0 Å². The zero-order valence-corrected chi connectivity index (χ0v) is 13.8. The molecule has 0 saturated heterocycles. The first kappa shape index (κ1) is 17.8. The topological polar surface area (TPSA) is 64.6 Å². The van der Waals surface area contributed by atoms with Gasteiger partial charge >= 0.3 is 12.1 Å². The Morgan fingerprint density at radius 2 is 1.95 bits per heavy atom. The Labute approximate surface area is 126 Å². The first-order valence-corrected chi connectivity index (χ1v) is 9.06. The molecule has 0 spiro atoms. The minimum atomic E-state index is -2.39. The fraction of sp³-hybridized carbons (Fsp3) is 0.385. The normalized spacial score (nSPS) is 13.4. The van der Waals surface area contributed by atoms with Gasteiger partial charge in [0.1, 0.15) is 12.6 Å². The zero-order chi connectivity index (χ0) is 15.8. The highest BCUT2D eigenvalue weighted by Crippen LogP contribution is 2.47. The van der Waals surface area contributed by atoms with Crippen molar-refractivity contribution in [1.29, 1.82) is 0 Å². The van der Waals surface area contributed by atoms with Gasteiger partial charge in [-0.15, -0.1) is 0 Å². The number of rotatable bonds is 6. The number of benzene rings is 1. The van der Waals surface area contributed by atoms with Crippen molar-refractivity contribution in [1.82, 2.24) is 5.32 Å². The average molecular weight is 333 g/mol. The van der Waals surface area contributed by atoms with Gasteiger partial charge in [-0.3, -0.25) is 0 Å². The molecule has 5 nitrogen and oxygen atoms in total. The summed E-state index contributed by atoms with van der Waals surface area (Å²) in [5.74, 6) is -1.06. The molecule has 0 bridgehead atoms. The second-order valence-electron chi connectivity index (χ2n) is 4.61. The minimum Gasteiger partial charge on any atom is -0.445 e. The highest BCUT2D eigenvalue weighted by molar-refractivity contribution is 8.08. The summed E-state index contributed by atoms with van der Waals surface area (Å²) in [6.45, 7) is 3.52. The van der Waals surface area contributed by atoms with Crippen LogP contribution in [-0.2, 0) is 20.7 Å². The molecule has 8 heteroatoms. The van der Waals surface area contributed by atoms with Crippen LogP contribution in [0.2, 0.25) is 0 Å². The number of hydrogen-bond donors (Lipinski definition) is 1. The van der Waals surface area contributed by atoms with Crippen LogP contribution in [0.25, 0.3) is 0 Å². The van der Waals surface area contributed by atoms with Gasteiger partial charge in [-0.2, -0.15) is 4.20 Å². The SMILES string of the molecule is CC(C)C(NC(=O)OCc1ccccc1)C(=O)OP(F)P. The molecule has 0 aliphatic rings. The Morgan fingerprint density at radius 3 is 2.48 bits per heavy atom. The summed E-state index contributed by atoms with van der Waals surface area (Å²) < 4.78 is 22.2. The largest absolute Gasteiger partial charge is 0.445 e. The van der Waals surface area contributed by atoms with Gasteiger partial charge in [0.15, 0.2) is 0 Å². The Morgan fingerprint density at radius 1 is 1.33 bits per heavy atom. The molecule has 0 aliphatic heterocycles. The van der Waals surface area contributed by atoms with E-state index in [-0.39, 0.29) is 12.5 Å². The van der Waals surface area contributed by atoms with Crippen LogP contribution in [0.4, 0.5) is 8.99 Å². The molecule has 0 aromatic heterocycles. The van der Waals surface area contributed by atoms with Gasteiger partial charge in [0, 0.05) is 0 Å². The van der Waals surface area contributed by atoms with Gasteiger partial charge in [-0.1, -0.05) is 44.2 Å². The van der Waals surface area contributed by atoms with E-state index in [1.165, 1.54) is 0 Å². The van der Waals surface area contributed by atoms with Crippen molar-refractivity contribution in [3.8, 4) is 0 Å². The highest BCUT2D eigenvalue weighted by Gasteiger charge is 2.28. The van der Waals surface area contributed by atoms with E-state index in [9.17, 15) is 13.8 Å². The Bertz CT molecular complexity index is 470. The lowest BCUT2D eigenvalue weighted by Crippen LogP contribution is -2.44. The van der Waals surface area contributed by atoms with Gasteiger partial charge in [-0.25, -0.2) is 9.59 Å². The first-order valence-electron chi connectivity index (χ1n) is 6.29. The van der Waals surface area contributed by atoms with E-state index in [4.69, 9.17) is 4.74 Å². The highest BCUT2D eigenvalue weighted by atomic mass is 32.0. The van der Waals surface area contributed by atoms with Crippen LogP contribution in [0, 0.1) is 5.92 Å². The first-order chi connectivity index (χ1) is 9.90. The second kappa shape index (κ2) is 8.91. The predicted octanol–water partition coefficient (Wildman–Crippen LogP) is 3.55. The van der Waals surface area contributed by atoms with Crippen molar-refractivity contribution < 1.29 is 23.0 Å². The Kier molecular flexibility index (Phi) is 7.55. The second-order valence-corrected chi connectivity index (χ2v) is 6.55. The van der Waals surface area contributed by atoms with Crippen LogP contribution in [-0.4, -0.2) is 18.1 Å². The summed E-state index contributed by atoms with van der Waals surface area (Å²) in [5.41, 5.74) is 0.827. The molecule has 0 fully saturated rings. The molecular weight excluding hydrogens is 315 g/mol. The number of halogens is 1. The summed E-state index contributed by atoms with van der Waals surface area (Å²) in [6.07, 6.45) is -0.749. The number of nitrogens with one attached hydrogen (secondary N) is 1. The average Bonchev–Trinajstić information content (AvgIpc) is 2.42. The molecule has 0 radical (unpaired) electrons. The van der Waals surface area contributed by atoms with Crippen LogP contribution < -0.4 is 5.32 Å². The van der Waals surface area contributed by atoms with E-state index in [2.05, 4.69) is 9.84 Å². The lowest BCUT2D eigenvalue weighted by atomic mass is 10.1. The van der Waals surface area contributed by atoms with E-state index in [0.29, 0.717) is 0 Å². The number of hydrogen-bond acceptors (Lipinski definition) is 4. The quantitative estimate of drug-likeness (QED) is 0.809. The molecule has 3 unspecified atom stereocenters. The lowest BCUT2D eigenvalue weighted by molar-refractivity contribution is -0.137. The van der Waals surface area contributed by atoms with Crippen molar-refractivity contribution in [3.63, 3.8) is 0 Å². The number of carbonyl (C=O) groups is 2. The number of ether oxygens (including phenoxy) is 1. The molecule has 21 heavy (non-hydrogen) atoms. The van der Waals surface area contributed by atoms with Crippen molar-refractivity contribution in [2.45, 2.75) is 26.5 Å². The molecule has 1 aromatic rings. The van der Waals surface area contributed by atoms with E-state index in [1.54, 1.807) is 22.8 Å². The third-order valence-corrected chi connectivity index (χ3v) is 3.25. The zero-order valence-electron chi connectivity index (χ0n) is 11.8. The summed E-state index contributed by atoms with van der Waals surface area (Å²) in [4.78, 5) is 23.4. The van der Waals surface area contributed by atoms with Crippen LogP contribution in [0.1, 0.15) is 19.4 Å². The van der Waals surface area contributed by atoms with Gasteiger partial charge in [-0.05, 0) is 20.4 Å². The summed E-state index contributed by atoms with van der Waals surface area (Å²) in [5, 5.41) is 2.39. The smallest absolute Gasteiger partial charge is 0.408 e. The van der Waals surface area contributed by atoms with Gasteiger partial charge < -0.3 is 14.6 Å². The van der Waals surface area contributed by atoms with Crippen LogP contribution in [0.5, 0.6) is 0 Å². The van der Waals surface area contributed by atoms with Gasteiger partial charge in [0.2, 0.25) is 0 Å². The lowest BCUT2D eigenvalue weighted by Gasteiger charge is -2.20. The van der Waals surface area contributed by atoms with Crippen molar-refractivity contribution in [2.75, 3.05) is 0 Å². The molecule has 0 heterocycles. The van der Waals surface area contributed by atoms with E-state index in [1.807, 2.05) is 30.3 Å². The predicted molar refractivity (Wildman–Crippen MR) is 82.2 cm³/mol. The molecule has 3 atom stereocenters. The molecule has 116 valence electrons. The van der Waals surface area contributed by atoms with Crippen molar-refractivity contribution in [2.24, 2.45) is 5.92 Å². The molecule has 1 amide bonds. The number of carbonyl (C=O) groups excluding carboxylic acids is 2. The Balaban J connectivity index is 2.51. The summed E-state index contributed by atoms with van der Waals surface area (Å²) >= 11 is 0. The van der Waals surface area contributed by atoms with Crippen LogP contribution in [0.15, 0.2) is 30.3 Å². The van der Waals surface area contributed by atoms with E-state index < -0.39 is 26.3 Å². The maximum absolute atomic E-state index is 12.7. The fourth-order valence-electron chi connectivity index (χ4n) is 1.53. The number of amides is 1. The van der Waals surface area contributed by atoms with Gasteiger partial charge in [0.25, 0.3) is 8.15 Å². The third-order valence-electron chi connectivity index (χ3n) is 2.58. The minimum absolute atomic E-state index is 0.0893. The Hall–Kier alpha value is -1.25. The molecule has 0 aliphatic carbocycles. The van der Waals surface area contributed by atoms with E-state index >= 15 is 0 Å². The molecule has 1 aromatic carbocycles. The molecule has 0 saturated carbocycles. The standard InChI is InChI=1S/C13H18FNO4P2/c1-9(2)11(12(16)19-21(14)20)15-13(17)18-8-10-6-4-3-5-7-10/h3-7,9,11H,8,20H2,1-2H3,(H,15,17). The van der Waals surface area contributed by atoms with Crippen molar-refractivity contribution in [3.05, 3.63) is 35.9 Å². The summed E-state index contributed by atoms with van der Waals surface area (Å²) in [7, 11) is -0.619. The molecule has 1 N–H and O–H groups in total. The third kappa shape index (κ3) is 6.83. The monoisotopic (exact) mass is 333 g/mol. The van der Waals surface area contributed by atoms with Crippen LogP contribution >= 0.6 is 17.1 Å². The van der Waals surface area contributed by atoms with Crippen LogP contribution in [0.3, 0.4) is 0 Å². The molecule has 1 rings (SSSR count). The molecular formula is C13H18FNO4P2. The van der Waals surface area contributed by atoms with Crippen molar-refractivity contribution >= 4 is 29.1 Å². The number of alkyl carbamates (subject to hydrolysis) is 1. The fourth-order valence-corrected chi connectivity index (χ4v) is 2.13. The van der Waals surface area contributed by atoms with E-state index in [0.717, 1.165) is 5.56 Å². The maximum Gasteiger partial charge on any atom is 0.408 e. The maximum atomic E-state index is 12.7.